The number of halogens is 9. The van der Waals surface area contributed by atoms with Gasteiger partial charge in [-0.1, -0.05) is 0 Å². The van der Waals surface area contributed by atoms with Crippen LogP contribution in [0.25, 0.3) is 0 Å². The first kappa shape index (κ1) is 52.5. The van der Waals surface area contributed by atoms with E-state index in [0.29, 0.717) is 0 Å². The van der Waals surface area contributed by atoms with Crippen molar-refractivity contribution in [2.45, 2.75) is 82.7 Å². The first-order valence-corrected chi connectivity index (χ1v) is 20.3. The minimum Gasteiger partial charge on any atom is -0.493 e. The molecule has 0 atom stereocenters. The Morgan fingerprint density at radius 2 is 0.638 bits per heavy atom. The first-order chi connectivity index (χ1) is 32.2. The van der Waals surface area contributed by atoms with Crippen molar-refractivity contribution >= 4 is 28.7 Å². The molecule has 1 aliphatic carbocycles. The number of fused-ring (bicyclic) bond motifs is 8. The molecule has 1 aliphatic rings. The molecule has 4 aromatic carbocycles. The number of hydrogen-bond donors (Lipinski definition) is 1. The van der Waals surface area contributed by atoms with Crippen LogP contribution in [0.5, 0.6) is 23.0 Å². The molecule has 0 fully saturated rings. The summed E-state index contributed by atoms with van der Waals surface area (Å²) < 4.78 is 143. The molecule has 69 heavy (non-hydrogen) atoms. The number of carboxylic acids is 1. The highest BCUT2D eigenvalue weighted by Crippen LogP contribution is 2.44. The summed E-state index contributed by atoms with van der Waals surface area (Å²) in [6.45, 7) is -3.37. The lowest BCUT2D eigenvalue weighted by atomic mass is 9.90. The molecule has 0 heterocycles. The molecule has 1 N–H and O–H groups in total. The molecule has 4 aromatic rings. The van der Waals surface area contributed by atoms with Crippen LogP contribution in [0.4, 0.5) is 62.3 Å². The second kappa shape index (κ2) is 21.6. The number of carboxylic acid groups (broad SMARTS) is 1. The van der Waals surface area contributed by atoms with Gasteiger partial charge in [-0.25, -0.2) is 4.79 Å². The molecule has 0 amide bonds. The van der Waals surface area contributed by atoms with E-state index in [2.05, 4.69) is 0 Å². The second-order valence-corrected chi connectivity index (χ2v) is 15.5. The van der Waals surface area contributed by atoms with Gasteiger partial charge in [-0.2, -0.15) is 39.5 Å². The third-order valence-corrected chi connectivity index (χ3v) is 10.2. The Morgan fingerprint density at radius 3 is 0.812 bits per heavy atom. The van der Waals surface area contributed by atoms with Gasteiger partial charge in [-0.05, 0) is 19.3 Å². The van der Waals surface area contributed by atoms with E-state index < -0.39 is 181 Å². The Labute approximate surface area is 382 Å². The summed E-state index contributed by atoms with van der Waals surface area (Å²) >= 11 is 0. The fourth-order valence-electron chi connectivity index (χ4n) is 7.45. The molecule has 8 bridgehead atoms. The number of nitro groups is 4. The van der Waals surface area contributed by atoms with Crippen LogP contribution in [0.3, 0.4) is 0 Å². The molecule has 5 rings (SSSR count). The highest BCUT2D eigenvalue weighted by Gasteiger charge is 2.32. The summed E-state index contributed by atoms with van der Waals surface area (Å²) in [5.41, 5.74) is -5.39. The fourth-order valence-corrected chi connectivity index (χ4v) is 7.45. The van der Waals surface area contributed by atoms with E-state index in [1.54, 1.807) is 0 Å². The number of aliphatic carboxylic acids is 1. The van der Waals surface area contributed by atoms with E-state index in [1.165, 1.54) is 0 Å². The van der Waals surface area contributed by atoms with Gasteiger partial charge < -0.3 is 24.1 Å². The van der Waals surface area contributed by atoms with Gasteiger partial charge in [0.15, 0.2) is 6.61 Å². The molecule has 0 unspecified atom stereocenters. The van der Waals surface area contributed by atoms with E-state index in [9.17, 15) is 89.9 Å². The monoisotopic (exact) mass is 992 g/mol. The molecule has 0 saturated heterocycles. The Hall–Kier alpha value is -7.48. The SMILES string of the molecule is O=C(O)COc1c2cc([N+](=O)[O-])cc1Cc1cc([N+](=O)[O-])cc(c1OCCCC(F)(F)F)Cc1cc([N+](=O)[O-])cc(c1OCCCC(F)(F)F)Cc1cc([N+](=O)[O-])cc(c1OCCCC(F)(F)F)C2. The van der Waals surface area contributed by atoms with Crippen molar-refractivity contribution in [2.24, 2.45) is 0 Å². The van der Waals surface area contributed by atoms with Crippen molar-refractivity contribution in [3.63, 3.8) is 0 Å². The first-order valence-electron chi connectivity index (χ1n) is 20.3. The van der Waals surface area contributed by atoms with Crippen molar-refractivity contribution < 1.29 is 88.1 Å². The molecule has 18 nitrogen and oxygen atoms in total. The van der Waals surface area contributed by atoms with E-state index in [-0.39, 0.29) is 44.5 Å². The average molecular weight is 993 g/mol. The van der Waals surface area contributed by atoms with E-state index in [4.69, 9.17) is 18.9 Å². The summed E-state index contributed by atoms with van der Waals surface area (Å²) in [6, 6.07) is 6.96. The van der Waals surface area contributed by atoms with Crippen LogP contribution in [-0.4, -0.2) is 75.7 Å². The number of carbonyl (C=O) groups is 1. The Morgan fingerprint density at radius 1 is 0.435 bits per heavy atom. The zero-order valence-corrected chi connectivity index (χ0v) is 35.5. The summed E-state index contributed by atoms with van der Waals surface area (Å²) in [7, 11) is 0. The molecule has 0 radical (unpaired) electrons. The maximum Gasteiger partial charge on any atom is 0.389 e. The standard InChI is InChI=1S/C42H37F9N4O14/c43-40(44,45)4-1-7-66-36-23-10-25-16-32(53(60)61)18-27(37(25)67-8-2-5-41(46,47)48)12-29-20-34(55(64)65)21-30(39(29)69-22-35(56)57)13-28-19-33(54(62)63)17-26(11-24(36)15-31(14-23)52(58)59)38(28)68-9-3-6-42(49,50)51/h14-21H,1-13,22H2,(H,56,57). The van der Waals surface area contributed by atoms with Crippen molar-refractivity contribution in [1.29, 1.82) is 0 Å². The highest BCUT2D eigenvalue weighted by molar-refractivity contribution is 5.69. The lowest BCUT2D eigenvalue weighted by molar-refractivity contribution is -0.385. The maximum absolute atomic E-state index is 13.3. The molecule has 0 spiro atoms. The van der Waals surface area contributed by atoms with Crippen molar-refractivity contribution in [3.05, 3.63) is 133 Å². The van der Waals surface area contributed by atoms with Gasteiger partial charge in [0, 0.05) is 138 Å². The van der Waals surface area contributed by atoms with Crippen LogP contribution >= 0.6 is 0 Å². The molecule has 0 aliphatic heterocycles. The average Bonchev–Trinajstić information content (AvgIpc) is 3.22. The predicted octanol–water partition coefficient (Wildman–Crippen LogP) is 10.6. The fraction of sp³-hybridized carbons (Fsp3) is 0.405. The summed E-state index contributed by atoms with van der Waals surface area (Å²) in [5.74, 6) is -3.28. The Kier molecular flexibility index (Phi) is 16.5. The van der Waals surface area contributed by atoms with E-state index >= 15 is 0 Å². The maximum atomic E-state index is 13.3. The van der Waals surface area contributed by atoms with Gasteiger partial charge in [-0.15, -0.1) is 0 Å². The van der Waals surface area contributed by atoms with E-state index in [0.717, 1.165) is 48.5 Å². The number of benzene rings is 4. The largest absolute Gasteiger partial charge is 0.493 e. The van der Waals surface area contributed by atoms with Crippen molar-refractivity contribution in [2.75, 3.05) is 26.4 Å². The van der Waals surface area contributed by atoms with Crippen molar-refractivity contribution in [3.8, 4) is 23.0 Å². The third-order valence-electron chi connectivity index (χ3n) is 10.2. The summed E-state index contributed by atoms with van der Waals surface area (Å²) in [4.78, 5) is 58.1. The molecule has 27 heteroatoms. The third kappa shape index (κ3) is 15.0. The lowest BCUT2D eigenvalue weighted by Crippen LogP contribution is -2.15. The van der Waals surface area contributed by atoms with Crippen LogP contribution in [0.2, 0.25) is 0 Å². The number of alkyl halides is 9. The van der Waals surface area contributed by atoms with Gasteiger partial charge in [-0.3, -0.25) is 40.5 Å². The predicted molar refractivity (Wildman–Crippen MR) is 219 cm³/mol. The van der Waals surface area contributed by atoms with Crippen LogP contribution in [0, 0.1) is 40.5 Å². The number of ether oxygens (including phenoxy) is 4. The molecular formula is C42H37F9N4O14. The number of hydrogen-bond acceptors (Lipinski definition) is 13. The van der Waals surface area contributed by atoms with Crippen LogP contribution < -0.4 is 18.9 Å². The van der Waals surface area contributed by atoms with E-state index in [1.807, 2.05) is 0 Å². The van der Waals surface area contributed by atoms with Crippen LogP contribution in [0.1, 0.15) is 83.0 Å². The van der Waals surface area contributed by atoms with Gasteiger partial charge in [0.05, 0.1) is 39.5 Å². The number of nitro benzene ring substituents is 4. The van der Waals surface area contributed by atoms with Gasteiger partial charge in [0.25, 0.3) is 22.7 Å². The summed E-state index contributed by atoms with van der Waals surface area (Å²) in [5, 5.41) is 59.5. The molecule has 0 aromatic heterocycles. The van der Waals surface area contributed by atoms with Gasteiger partial charge >= 0.3 is 24.5 Å². The zero-order chi connectivity index (χ0) is 51.0. The lowest BCUT2D eigenvalue weighted by Gasteiger charge is -2.23. The quantitative estimate of drug-likeness (QED) is 0.0350. The number of non-ortho nitro benzene ring substituents is 4. The second-order valence-electron chi connectivity index (χ2n) is 15.5. The molecule has 372 valence electrons. The normalized spacial score (nSPS) is 12.8. The molecule has 0 saturated carbocycles. The van der Waals surface area contributed by atoms with Crippen LogP contribution in [0.15, 0.2) is 48.5 Å². The highest BCUT2D eigenvalue weighted by atomic mass is 19.4. The molecular weight excluding hydrogens is 955 g/mol. The zero-order valence-electron chi connectivity index (χ0n) is 35.5. The van der Waals surface area contributed by atoms with Crippen LogP contribution in [-0.2, 0) is 30.5 Å². The topological polar surface area (TPSA) is 247 Å². The summed E-state index contributed by atoms with van der Waals surface area (Å²) in [6.07, 6.45) is -23.3. The van der Waals surface area contributed by atoms with Crippen molar-refractivity contribution in [1.82, 2.24) is 0 Å². The minimum absolute atomic E-state index is 0.296. The Bertz CT molecular complexity index is 2480. The number of nitrogens with zero attached hydrogens (tertiary/aromatic N) is 4. The van der Waals surface area contributed by atoms with Gasteiger partial charge in [0.2, 0.25) is 0 Å². The smallest absolute Gasteiger partial charge is 0.389 e. The minimum atomic E-state index is -4.69. The number of rotatable bonds is 19. The Balaban J connectivity index is 1.93. The van der Waals surface area contributed by atoms with Gasteiger partial charge in [0.1, 0.15) is 23.0 Å².